The van der Waals surface area contributed by atoms with Crippen molar-refractivity contribution in [1.29, 1.82) is 0 Å². The first-order valence-corrected chi connectivity index (χ1v) is 9.62. The molecule has 0 saturated heterocycles. The van der Waals surface area contributed by atoms with Crippen LogP contribution in [0.4, 0.5) is 0 Å². The molecule has 0 saturated carbocycles. The fraction of sp³-hybridized carbons (Fsp3) is 0.130. The number of azide groups is 1. The van der Waals surface area contributed by atoms with E-state index in [4.69, 9.17) is 5.53 Å². The molecule has 0 bridgehead atoms. The van der Waals surface area contributed by atoms with Gasteiger partial charge in [-0.25, -0.2) is 0 Å². The fourth-order valence-corrected chi connectivity index (χ4v) is 4.59. The van der Waals surface area contributed by atoms with Gasteiger partial charge >= 0.3 is 0 Å². The summed E-state index contributed by atoms with van der Waals surface area (Å²) in [5.74, 6) is 0. The van der Waals surface area contributed by atoms with Crippen molar-refractivity contribution in [3.05, 3.63) is 129 Å². The van der Waals surface area contributed by atoms with Crippen LogP contribution in [0.15, 0.2) is 107 Å². The molecule has 0 amide bonds. The highest BCUT2D eigenvalue weighted by Gasteiger charge is 2.37. The van der Waals surface area contributed by atoms with Crippen LogP contribution in [0.25, 0.3) is 10.4 Å². The second-order valence-electron chi connectivity index (χ2n) is 6.11. The Balaban J connectivity index is 2.23. The van der Waals surface area contributed by atoms with Gasteiger partial charge in [-0.3, -0.25) is 0 Å². The molecule has 0 radical (unpaired) electrons. The minimum atomic E-state index is -0.388. The van der Waals surface area contributed by atoms with Crippen molar-refractivity contribution in [2.24, 2.45) is 5.11 Å². The average molecular weight is 372 g/mol. The van der Waals surface area contributed by atoms with Gasteiger partial charge in [-0.2, -0.15) is 0 Å². The second kappa shape index (κ2) is 9.13. The quantitative estimate of drug-likeness (QED) is 0.192. The van der Waals surface area contributed by atoms with Crippen LogP contribution in [0.3, 0.4) is 0 Å². The number of thioether (sulfide) groups is 1. The smallest absolute Gasteiger partial charge is 0.0950 e. The van der Waals surface area contributed by atoms with Crippen molar-refractivity contribution in [3.8, 4) is 0 Å². The van der Waals surface area contributed by atoms with Crippen molar-refractivity contribution in [2.45, 2.75) is 11.7 Å². The van der Waals surface area contributed by atoms with E-state index in [0.717, 1.165) is 4.91 Å². The Morgan fingerprint density at radius 3 is 1.63 bits per heavy atom. The molecule has 0 aliphatic rings. The lowest BCUT2D eigenvalue weighted by Crippen LogP contribution is -2.25. The molecule has 0 unspecified atom stereocenters. The maximum atomic E-state index is 8.57. The summed E-state index contributed by atoms with van der Waals surface area (Å²) in [6.45, 7) is 2.42. The molecule has 0 N–H and O–H groups in total. The van der Waals surface area contributed by atoms with Gasteiger partial charge in [0.2, 0.25) is 0 Å². The Labute approximate surface area is 164 Å². The van der Waals surface area contributed by atoms with E-state index < -0.39 is 0 Å². The van der Waals surface area contributed by atoms with E-state index in [1.807, 2.05) is 24.3 Å². The molecule has 0 heterocycles. The first kappa shape index (κ1) is 18.8. The largest absolute Gasteiger partial charge is 0.110 e. The van der Waals surface area contributed by atoms with Crippen molar-refractivity contribution >= 4 is 11.8 Å². The maximum Gasteiger partial charge on any atom is 0.0950 e. The first-order valence-electron chi connectivity index (χ1n) is 8.80. The zero-order chi connectivity index (χ0) is 19.0. The standard InChI is InChI=1S/C23H21N3S/c1-19(17-18-25-26-24)27-23(20-11-5-2-6-12-20,21-13-7-3-8-14-21)22-15-9-4-10-16-22/h2-17H,18H2,1H3/b19-17+. The molecule has 0 aromatic heterocycles. The number of nitrogens with zero attached hydrogens (tertiary/aromatic N) is 3. The molecule has 3 rings (SSSR count). The minimum Gasteiger partial charge on any atom is -0.110 e. The van der Waals surface area contributed by atoms with Crippen LogP contribution in [0, 0.1) is 0 Å². The minimum absolute atomic E-state index is 0.351. The molecule has 27 heavy (non-hydrogen) atoms. The van der Waals surface area contributed by atoms with Crippen LogP contribution in [0.5, 0.6) is 0 Å². The SMILES string of the molecule is C/C(=C\CN=[N+]=[N-])SC(c1ccccc1)(c1ccccc1)c1ccccc1. The Morgan fingerprint density at radius 2 is 1.26 bits per heavy atom. The average Bonchev–Trinajstić information content (AvgIpc) is 2.74. The molecule has 3 nitrogen and oxygen atoms in total. The lowest BCUT2D eigenvalue weighted by molar-refractivity contribution is 0.898. The van der Waals surface area contributed by atoms with E-state index in [1.54, 1.807) is 11.8 Å². The summed E-state index contributed by atoms with van der Waals surface area (Å²) in [5, 5.41) is 3.65. The number of benzene rings is 3. The lowest BCUT2D eigenvalue weighted by atomic mass is 9.84. The molecule has 0 aliphatic heterocycles. The van der Waals surface area contributed by atoms with E-state index in [9.17, 15) is 0 Å². The normalized spacial score (nSPS) is 11.7. The third-order valence-corrected chi connectivity index (χ3v) is 5.88. The molecular weight excluding hydrogens is 350 g/mol. The van der Waals surface area contributed by atoms with E-state index >= 15 is 0 Å². The van der Waals surface area contributed by atoms with Crippen LogP contribution in [-0.4, -0.2) is 6.54 Å². The summed E-state index contributed by atoms with van der Waals surface area (Å²) in [4.78, 5) is 3.96. The summed E-state index contributed by atoms with van der Waals surface area (Å²) in [5.41, 5.74) is 12.2. The van der Waals surface area contributed by atoms with Gasteiger partial charge in [0.15, 0.2) is 0 Å². The van der Waals surface area contributed by atoms with Crippen LogP contribution in [-0.2, 0) is 4.75 Å². The van der Waals surface area contributed by atoms with Gasteiger partial charge in [0.05, 0.1) is 4.75 Å². The summed E-state index contributed by atoms with van der Waals surface area (Å²) >= 11 is 1.78. The van der Waals surface area contributed by atoms with Gasteiger partial charge in [0.25, 0.3) is 0 Å². The molecule has 0 spiro atoms. The molecule has 134 valence electrons. The molecular formula is C23H21N3S. The summed E-state index contributed by atoms with van der Waals surface area (Å²) in [6, 6.07) is 31.6. The zero-order valence-electron chi connectivity index (χ0n) is 15.2. The molecule has 0 aliphatic carbocycles. The van der Waals surface area contributed by atoms with Gasteiger partial charge in [-0.05, 0) is 34.1 Å². The Kier molecular flexibility index (Phi) is 6.37. The Morgan fingerprint density at radius 1 is 0.852 bits per heavy atom. The van der Waals surface area contributed by atoms with E-state index in [2.05, 4.69) is 89.7 Å². The fourth-order valence-electron chi connectivity index (χ4n) is 3.18. The lowest BCUT2D eigenvalue weighted by Gasteiger charge is -2.35. The Hall–Kier alpha value is -2.94. The molecule has 0 fully saturated rings. The van der Waals surface area contributed by atoms with Crippen LogP contribution in [0.1, 0.15) is 23.6 Å². The van der Waals surface area contributed by atoms with Gasteiger partial charge < -0.3 is 0 Å². The van der Waals surface area contributed by atoms with Crippen LogP contribution in [0.2, 0.25) is 0 Å². The van der Waals surface area contributed by atoms with Gasteiger partial charge in [-0.15, -0.1) is 11.8 Å². The van der Waals surface area contributed by atoms with Crippen LogP contribution < -0.4 is 0 Å². The van der Waals surface area contributed by atoms with Crippen molar-refractivity contribution in [1.82, 2.24) is 0 Å². The molecule has 3 aromatic carbocycles. The van der Waals surface area contributed by atoms with E-state index in [0.29, 0.717) is 6.54 Å². The summed E-state index contributed by atoms with van der Waals surface area (Å²) < 4.78 is -0.388. The predicted octanol–water partition coefficient (Wildman–Crippen LogP) is 6.93. The zero-order valence-corrected chi connectivity index (χ0v) is 16.0. The van der Waals surface area contributed by atoms with Crippen molar-refractivity contribution in [3.63, 3.8) is 0 Å². The summed E-state index contributed by atoms with van der Waals surface area (Å²) in [6.07, 6.45) is 1.98. The number of hydrogen-bond acceptors (Lipinski definition) is 2. The highest BCUT2D eigenvalue weighted by molar-refractivity contribution is 8.04. The third kappa shape index (κ3) is 4.25. The van der Waals surface area contributed by atoms with Crippen molar-refractivity contribution < 1.29 is 0 Å². The monoisotopic (exact) mass is 371 g/mol. The maximum absolute atomic E-state index is 8.57. The molecule has 0 atom stereocenters. The number of rotatable bonds is 7. The second-order valence-corrected chi connectivity index (χ2v) is 7.57. The van der Waals surface area contributed by atoms with Gasteiger partial charge in [-0.1, -0.05) is 102 Å². The number of hydrogen-bond donors (Lipinski definition) is 0. The predicted molar refractivity (Wildman–Crippen MR) is 115 cm³/mol. The molecule has 4 heteroatoms. The van der Waals surface area contributed by atoms with Crippen LogP contribution >= 0.6 is 11.8 Å². The highest BCUT2D eigenvalue weighted by Crippen LogP contribution is 2.51. The number of allylic oxidation sites excluding steroid dienone is 1. The van der Waals surface area contributed by atoms with Gasteiger partial charge in [0, 0.05) is 11.5 Å². The summed E-state index contributed by atoms with van der Waals surface area (Å²) in [7, 11) is 0. The topological polar surface area (TPSA) is 48.8 Å². The first-order chi connectivity index (χ1) is 13.3. The van der Waals surface area contributed by atoms with Crippen molar-refractivity contribution in [2.75, 3.05) is 6.54 Å². The van der Waals surface area contributed by atoms with E-state index in [1.165, 1.54) is 16.7 Å². The Bertz CT molecular complexity index is 834. The molecule has 3 aromatic rings. The van der Waals surface area contributed by atoms with Gasteiger partial charge in [0.1, 0.15) is 0 Å². The third-order valence-electron chi connectivity index (χ3n) is 4.38. The highest BCUT2D eigenvalue weighted by atomic mass is 32.2. The van der Waals surface area contributed by atoms with E-state index in [-0.39, 0.29) is 4.75 Å².